The van der Waals surface area contributed by atoms with Crippen LogP contribution >= 0.6 is 0 Å². The minimum absolute atomic E-state index is 0.0366. The molecule has 8 heteroatoms. The minimum atomic E-state index is -1.17. The molecule has 0 radical (unpaired) electrons. The number of carboxylic acids is 1. The fourth-order valence-electron chi connectivity index (χ4n) is 4.58. The lowest BCUT2D eigenvalue weighted by molar-refractivity contribution is -0.384. The van der Waals surface area contributed by atoms with Gasteiger partial charge in [0.1, 0.15) is 0 Å². The molecule has 4 aromatic carbocycles. The van der Waals surface area contributed by atoms with E-state index in [-0.39, 0.29) is 27.9 Å². The number of nitro benzene ring substituents is 1. The van der Waals surface area contributed by atoms with Gasteiger partial charge in [-0.2, -0.15) is 0 Å². The number of amides is 2. The van der Waals surface area contributed by atoms with Crippen molar-refractivity contribution >= 4 is 39.9 Å². The first-order valence-electron chi connectivity index (χ1n) is 10.7. The van der Waals surface area contributed by atoms with Crippen molar-refractivity contribution in [2.24, 2.45) is 0 Å². The predicted molar refractivity (Wildman–Crippen MR) is 130 cm³/mol. The molecule has 0 unspecified atom stereocenters. The van der Waals surface area contributed by atoms with Gasteiger partial charge in [0.05, 0.1) is 27.3 Å². The van der Waals surface area contributed by atoms with Gasteiger partial charge >= 0.3 is 5.97 Å². The maximum atomic E-state index is 13.6. The van der Waals surface area contributed by atoms with Crippen LogP contribution in [0.5, 0.6) is 0 Å². The molecule has 0 atom stereocenters. The zero-order valence-corrected chi connectivity index (χ0v) is 18.7. The van der Waals surface area contributed by atoms with Crippen molar-refractivity contribution in [3.05, 3.63) is 105 Å². The van der Waals surface area contributed by atoms with Crippen molar-refractivity contribution in [1.82, 2.24) is 0 Å². The predicted octanol–water partition coefficient (Wildman–Crippen LogP) is 5.53. The Hall–Kier alpha value is -4.85. The highest BCUT2D eigenvalue weighted by Crippen LogP contribution is 2.43. The van der Waals surface area contributed by atoms with E-state index >= 15 is 0 Å². The van der Waals surface area contributed by atoms with E-state index in [9.17, 15) is 29.6 Å². The topological polar surface area (TPSA) is 118 Å². The summed E-state index contributed by atoms with van der Waals surface area (Å²) in [6.45, 7) is 3.63. The molecular formula is C27H18N2O6. The van der Waals surface area contributed by atoms with Gasteiger partial charge in [0.25, 0.3) is 17.5 Å². The van der Waals surface area contributed by atoms with Crippen LogP contribution in [0, 0.1) is 24.0 Å². The standard InChI is InChI=1S/C27H18N2O6/c1-14-9-10-15(2)21(11-14)28-25(30)19-8-4-7-18-23(16-5-3-6-17(12-16)27(32)33)22(29(34)35)13-20(24(18)19)26(28)31/h3-13H,1-2H3,(H,32,33). The Bertz CT molecular complexity index is 1620. The summed E-state index contributed by atoms with van der Waals surface area (Å²) in [7, 11) is 0. The van der Waals surface area contributed by atoms with Crippen LogP contribution < -0.4 is 4.90 Å². The molecule has 0 saturated heterocycles. The van der Waals surface area contributed by atoms with Gasteiger partial charge in [-0.3, -0.25) is 19.7 Å². The average molecular weight is 466 g/mol. The van der Waals surface area contributed by atoms with Crippen molar-refractivity contribution in [3.8, 4) is 11.1 Å². The fourth-order valence-corrected chi connectivity index (χ4v) is 4.58. The zero-order valence-electron chi connectivity index (χ0n) is 18.7. The van der Waals surface area contributed by atoms with Gasteiger partial charge in [-0.1, -0.05) is 36.4 Å². The summed E-state index contributed by atoms with van der Waals surface area (Å²) < 4.78 is 0. The Morgan fingerprint density at radius 2 is 1.63 bits per heavy atom. The highest BCUT2D eigenvalue weighted by molar-refractivity contribution is 6.37. The van der Waals surface area contributed by atoms with Crippen molar-refractivity contribution in [2.45, 2.75) is 13.8 Å². The summed E-state index contributed by atoms with van der Waals surface area (Å²) in [6.07, 6.45) is 0. The maximum Gasteiger partial charge on any atom is 0.335 e. The molecule has 8 nitrogen and oxygen atoms in total. The third-order valence-electron chi connectivity index (χ3n) is 6.21. The van der Waals surface area contributed by atoms with E-state index in [1.807, 2.05) is 19.1 Å². The summed E-state index contributed by atoms with van der Waals surface area (Å²) in [5.41, 5.74) is 2.34. The summed E-state index contributed by atoms with van der Waals surface area (Å²) in [5.74, 6) is -2.35. The van der Waals surface area contributed by atoms with Crippen LogP contribution in [0.25, 0.3) is 21.9 Å². The Labute approximate surface area is 199 Å². The van der Waals surface area contributed by atoms with Crippen LogP contribution in [-0.2, 0) is 0 Å². The average Bonchev–Trinajstić information content (AvgIpc) is 2.84. The van der Waals surface area contributed by atoms with Gasteiger partial charge < -0.3 is 5.11 Å². The second-order valence-electron chi connectivity index (χ2n) is 8.43. The van der Waals surface area contributed by atoms with Gasteiger partial charge in [-0.25, -0.2) is 9.69 Å². The Morgan fingerprint density at radius 1 is 0.914 bits per heavy atom. The van der Waals surface area contributed by atoms with Crippen LogP contribution in [0.3, 0.4) is 0 Å². The molecule has 0 fully saturated rings. The zero-order chi connectivity index (χ0) is 25.0. The number of hydrogen-bond acceptors (Lipinski definition) is 5. The molecule has 1 N–H and O–H groups in total. The van der Waals surface area contributed by atoms with E-state index in [1.54, 1.807) is 37.3 Å². The third-order valence-corrected chi connectivity index (χ3v) is 6.21. The Balaban J connectivity index is 1.84. The maximum absolute atomic E-state index is 13.6. The minimum Gasteiger partial charge on any atom is -0.478 e. The number of nitro groups is 1. The molecule has 1 heterocycles. The Morgan fingerprint density at radius 3 is 2.34 bits per heavy atom. The normalized spacial score (nSPS) is 12.8. The van der Waals surface area contributed by atoms with E-state index in [2.05, 4.69) is 0 Å². The first kappa shape index (κ1) is 22.0. The smallest absolute Gasteiger partial charge is 0.335 e. The van der Waals surface area contributed by atoms with Crippen LogP contribution in [-0.4, -0.2) is 27.8 Å². The summed E-state index contributed by atoms with van der Waals surface area (Å²) in [5, 5.41) is 22.2. The van der Waals surface area contributed by atoms with Crippen LogP contribution in [0.1, 0.15) is 42.2 Å². The monoisotopic (exact) mass is 466 g/mol. The lowest BCUT2D eigenvalue weighted by Crippen LogP contribution is -2.41. The summed E-state index contributed by atoms with van der Waals surface area (Å²) in [6, 6.07) is 17.2. The molecule has 1 aliphatic heterocycles. The number of aryl methyl sites for hydroxylation is 2. The van der Waals surface area contributed by atoms with Gasteiger partial charge in [-0.15, -0.1) is 0 Å². The first-order valence-corrected chi connectivity index (χ1v) is 10.7. The molecule has 5 rings (SSSR count). The number of aromatic carboxylic acids is 1. The number of carbonyl (C=O) groups excluding carboxylic acids is 2. The second-order valence-corrected chi connectivity index (χ2v) is 8.43. The third kappa shape index (κ3) is 3.34. The van der Waals surface area contributed by atoms with Crippen molar-refractivity contribution in [2.75, 3.05) is 4.90 Å². The largest absolute Gasteiger partial charge is 0.478 e. The molecule has 4 aromatic rings. The van der Waals surface area contributed by atoms with Crippen molar-refractivity contribution in [1.29, 1.82) is 0 Å². The SMILES string of the molecule is Cc1ccc(C)c(N2C(=O)c3cccc4c(-c5cccc(C(=O)O)c5)c([N+](=O)[O-])cc(c34)C2=O)c1. The number of hydrogen-bond donors (Lipinski definition) is 1. The molecular weight excluding hydrogens is 448 g/mol. The molecule has 0 saturated carbocycles. The number of rotatable bonds is 4. The highest BCUT2D eigenvalue weighted by atomic mass is 16.6. The van der Waals surface area contributed by atoms with Gasteiger partial charge in [0.15, 0.2) is 0 Å². The second kappa shape index (κ2) is 7.88. The van der Waals surface area contributed by atoms with Crippen LogP contribution in [0.15, 0.2) is 66.7 Å². The number of imide groups is 1. The van der Waals surface area contributed by atoms with Crippen LogP contribution in [0.4, 0.5) is 11.4 Å². The van der Waals surface area contributed by atoms with Gasteiger partial charge in [0, 0.05) is 17.0 Å². The lowest BCUT2D eigenvalue weighted by Gasteiger charge is -2.29. The quantitative estimate of drug-likeness (QED) is 0.240. The van der Waals surface area contributed by atoms with Crippen molar-refractivity contribution < 1.29 is 24.4 Å². The van der Waals surface area contributed by atoms with Crippen molar-refractivity contribution in [3.63, 3.8) is 0 Å². The molecule has 0 bridgehead atoms. The molecule has 35 heavy (non-hydrogen) atoms. The molecule has 0 aromatic heterocycles. The van der Waals surface area contributed by atoms with Gasteiger partial charge in [-0.05, 0) is 60.2 Å². The molecule has 0 spiro atoms. The Kier molecular flexibility index (Phi) is 4.94. The molecule has 2 amide bonds. The van der Waals surface area contributed by atoms with E-state index in [4.69, 9.17) is 0 Å². The molecule has 0 aliphatic carbocycles. The molecule has 172 valence electrons. The summed E-state index contributed by atoms with van der Waals surface area (Å²) in [4.78, 5) is 51.4. The molecule has 1 aliphatic rings. The number of carboxylic acid groups (broad SMARTS) is 1. The lowest BCUT2D eigenvalue weighted by atomic mass is 9.87. The van der Waals surface area contributed by atoms with E-state index < -0.39 is 22.7 Å². The van der Waals surface area contributed by atoms with Gasteiger partial charge in [0.2, 0.25) is 0 Å². The first-order chi connectivity index (χ1) is 16.7. The summed E-state index contributed by atoms with van der Waals surface area (Å²) >= 11 is 0. The highest BCUT2D eigenvalue weighted by Gasteiger charge is 2.37. The van der Waals surface area contributed by atoms with E-state index in [0.717, 1.165) is 10.5 Å². The van der Waals surface area contributed by atoms with E-state index in [1.165, 1.54) is 24.3 Å². The van der Waals surface area contributed by atoms with E-state index in [0.29, 0.717) is 27.6 Å². The number of nitrogens with zero attached hydrogens (tertiary/aromatic N) is 2. The number of benzene rings is 4. The van der Waals surface area contributed by atoms with Crippen LogP contribution in [0.2, 0.25) is 0 Å². The number of anilines is 1. The number of carbonyl (C=O) groups is 3. The fraction of sp³-hybridized carbons (Fsp3) is 0.0741.